The van der Waals surface area contributed by atoms with E-state index in [1.54, 1.807) is 6.33 Å². The molecular formula is C13H22N4. The van der Waals surface area contributed by atoms with Crippen molar-refractivity contribution in [1.82, 2.24) is 9.97 Å². The second-order valence-electron chi connectivity index (χ2n) is 4.98. The average Bonchev–Trinajstić information content (AvgIpc) is 2.74. The van der Waals surface area contributed by atoms with Crippen LogP contribution in [0.5, 0.6) is 0 Å². The highest BCUT2D eigenvalue weighted by molar-refractivity contribution is 5.46. The predicted molar refractivity (Wildman–Crippen MR) is 71.2 cm³/mol. The molecule has 0 radical (unpaired) electrons. The standard InChI is InChI=1S/C13H22N4/c1-3-14-12-7-13(17-9-16-12)15-8-11-5-4-10(2)6-11/h7,9-11H,3-6,8H2,1-2H3,(H2,14,15,16,17). The Bertz CT molecular complexity index is 353. The number of aromatic nitrogens is 2. The first-order valence-corrected chi connectivity index (χ1v) is 6.57. The summed E-state index contributed by atoms with van der Waals surface area (Å²) in [5, 5.41) is 6.61. The van der Waals surface area contributed by atoms with Crippen LogP contribution in [0.15, 0.2) is 12.4 Å². The lowest BCUT2D eigenvalue weighted by molar-refractivity contribution is 0.536. The molecule has 2 atom stereocenters. The number of rotatable bonds is 5. The lowest BCUT2D eigenvalue weighted by atomic mass is 10.1. The van der Waals surface area contributed by atoms with Gasteiger partial charge in [0, 0.05) is 19.2 Å². The zero-order valence-electron chi connectivity index (χ0n) is 10.7. The molecule has 1 aromatic rings. The quantitative estimate of drug-likeness (QED) is 0.822. The highest BCUT2D eigenvalue weighted by Crippen LogP contribution is 2.30. The predicted octanol–water partition coefficient (Wildman–Crippen LogP) is 2.76. The summed E-state index contributed by atoms with van der Waals surface area (Å²) in [6, 6.07) is 1.97. The summed E-state index contributed by atoms with van der Waals surface area (Å²) in [6.07, 6.45) is 5.67. The minimum Gasteiger partial charge on any atom is -0.370 e. The van der Waals surface area contributed by atoms with Crippen molar-refractivity contribution in [2.24, 2.45) is 11.8 Å². The molecule has 2 rings (SSSR count). The van der Waals surface area contributed by atoms with E-state index in [-0.39, 0.29) is 0 Å². The van der Waals surface area contributed by atoms with Gasteiger partial charge in [0.15, 0.2) is 0 Å². The molecule has 2 unspecified atom stereocenters. The van der Waals surface area contributed by atoms with Crippen molar-refractivity contribution in [2.75, 3.05) is 23.7 Å². The van der Waals surface area contributed by atoms with Gasteiger partial charge in [-0.25, -0.2) is 9.97 Å². The summed E-state index contributed by atoms with van der Waals surface area (Å²) in [5.74, 6) is 3.52. The smallest absolute Gasteiger partial charge is 0.131 e. The van der Waals surface area contributed by atoms with Crippen LogP contribution in [0.3, 0.4) is 0 Å². The van der Waals surface area contributed by atoms with Crippen LogP contribution < -0.4 is 10.6 Å². The molecule has 1 fully saturated rings. The molecule has 4 heteroatoms. The van der Waals surface area contributed by atoms with Crippen LogP contribution in [0.1, 0.15) is 33.1 Å². The van der Waals surface area contributed by atoms with Crippen molar-refractivity contribution in [3.05, 3.63) is 12.4 Å². The molecule has 1 aliphatic carbocycles. The molecule has 17 heavy (non-hydrogen) atoms. The van der Waals surface area contributed by atoms with Crippen LogP contribution >= 0.6 is 0 Å². The number of nitrogens with one attached hydrogen (secondary N) is 2. The molecule has 1 saturated carbocycles. The van der Waals surface area contributed by atoms with E-state index < -0.39 is 0 Å². The molecule has 1 aliphatic rings. The van der Waals surface area contributed by atoms with Gasteiger partial charge in [-0.15, -0.1) is 0 Å². The van der Waals surface area contributed by atoms with Crippen LogP contribution in [0.25, 0.3) is 0 Å². The SMILES string of the molecule is CCNc1cc(NCC2CCC(C)C2)ncn1. The highest BCUT2D eigenvalue weighted by Gasteiger charge is 2.20. The van der Waals surface area contributed by atoms with E-state index in [1.165, 1.54) is 19.3 Å². The van der Waals surface area contributed by atoms with Crippen molar-refractivity contribution in [3.63, 3.8) is 0 Å². The van der Waals surface area contributed by atoms with Crippen molar-refractivity contribution in [1.29, 1.82) is 0 Å². The number of hydrogen-bond acceptors (Lipinski definition) is 4. The third-order valence-corrected chi connectivity index (χ3v) is 3.40. The van der Waals surface area contributed by atoms with E-state index in [4.69, 9.17) is 0 Å². The largest absolute Gasteiger partial charge is 0.370 e. The molecular weight excluding hydrogens is 212 g/mol. The monoisotopic (exact) mass is 234 g/mol. The Balaban J connectivity index is 1.83. The van der Waals surface area contributed by atoms with Gasteiger partial charge < -0.3 is 10.6 Å². The molecule has 1 heterocycles. The molecule has 1 aromatic heterocycles. The van der Waals surface area contributed by atoms with E-state index in [1.807, 2.05) is 6.07 Å². The number of hydrogen-bond donors (Lipinski definition) is 2. The van der Waals surface area contributed by atoms with E-state index >= 15 is 0 Å². The van der Waals surface area contributed by atoms with Crippen molar-refractivity contribution >= 4 is 11.6 Å². The Hall–Kier alpha value is -1.32. The van der Waals surface area contributed by atoms with Gasteiger partial charge >= 0.3 is 0 Å². The third-order valence-electron chi connectivity index (χ3n) is 3.40. The van der Waals surface area contributed by atoms with Crippen molar-refractivity contribution in [3.8, 4) is 0 Å². The molecule has 0 spiro atoms. The van der Waals surface area contributed by atoms with E-state index in [9.17, 15) is 0 Å². The third kappa shape index (κ3) is 3.58. The summed E-state index contributed by atoms with van der Waals surface area (Å²) in [5.41, 5.74) is 0. The van der Waals surface area contributed by atoms with Crippen molar-refractivity contribution in [2.45, 2.75) is 33.1 Å². The fourth-order valence-electron chi connectivity index (χ4n) is 2.49. The van der Waals surface area contributed by atoms with E-state index in [2.05, 4.69) is 34.4 Å². The first-order valence-electron chi connectivity index (χ1n) is 6.57. The fraction of sp³-hybridized carbons (Fsp3) is 0.692. The summed E-state index contributed by atoms with van der Waals surface area (Å²) in [6.45, 7) is 6.33. The van der Waals surface area contributed by atoms with Gasteiger partial charge in [-0.05, 0) is 31.6 Å². The van der Waals surface area contributed by atoms with Gasteiger partial charge in [-0.2, -0.15) is 0 Å². The second-order valence-corrected chi connectivity index (χ2v) is 4.98. The van der Waals surface area contributed by atoms with E-state index in [0.717, 1.165) is 36.6 Å². The zero-order valence-corrected chi connectivity index (χ0v) is 10.7. The minimum atomic E-state index is 0.808. The molecule has 4 nitrogen and oxygen atoms in total. The minimum absolute atomic E-state index is 0.808. The molecule has 0 bridgehead atoms. The summed E-state index contributed by atoms with van der Waals surface area (Å²) in [4.78, 5) is 8.40. The fourth-order valence-corrected chi connectivity index (χ4v) is 2.49. The molecule has 0 aliphatic heterocycles. The van der Waals surface area contributed by atoms with Crippen LogP contribution in [-0.2, 0) is 0 Å². The van der Waals surface area contributed by atoms with Crippen molar-refractivity contribution < 1.29 is 0 Å². The molecule has 0 saturated heterocycles. The second kappa shape index (κ2) is 5.84. The molecule has 94 valence electrons. The Morgan fingerprint density at radius 2 is 2.00 bits per heavy atom. The van der Waals surface area contributed by atoms with Gasteiger partial charge in [0.25, 0.3) is 0 Å². The molecule has 0 aromatic carbocycles. The number of nitrogens with zero attached hydrogens (tertiary/aromatic N) is 2. The lowest BCUT2D eigenvalue weighted by Gasteiger charge is -2.12. The van der Waals surface area contributed by atoms with Crippen LogP contribution in [0, 0.1) is 11.8 Å². The topological polar surface area (TPSA) is 49.8 Å². The maximum absolute atomic E-state index is 4.24. The van der Waals surface area contributed by atoms with Crippen LogP contribution in [-0.4, -0.2) is 23.1 Å². The van der Waals surface area contributed by atoms with Gasteiger partial charge in [0.2, 0.25) is 0 Å². The Morgan fingerprint density at radius 3 is 2.65 bits per heavy atom. The van der Waals surface area contributed by atoms with E-state index in [0.29, 0.717) is 0 Å². The molecule has 2 N–H and O–H groups in total. The van der Waals surface area contributed by atoms with Gasteiger partial charge in [0.05, 0.1) is 0 Å². The number of anilines is 2. The normalized spacial score (nSPS) is 23.6. The van der Waals surface area contributed by atoms with Gasteiger partial charge in [-0.1, -0.05) is 13.3 Å². The lowest BCUT2D eigenvalue weighted by Crippen LogP contribution is -2.13. The van der Waals surface area contributed by atoms with Gasteiger partial charge in [0.1, 0.15) is 18.0 Å². The highest BCUT2D eigenvalue weighted by atomic mass is 15.1. The average molecular weight is 234 g/mol. The maximum Gasteiger partial charge on any atom is 0.131 e. The van der Waals surface area contributed by atoms with Gasteiger partial charge in [-0.3, -0.25) is 0 Å². The summed E-state index contributed by atoms with van der Waals surface area (Å²) < 4.78 is 0. The maximum atomic E-state index is 4.24. The Kier molecular flexibility index (Phi) is 4.18. The Morgan fingerprint density at radius 1 is 1.24 bits per heavy atom. The van der Waals surface area contributed by atoms with Crippen LogP contribution in [0.2, 0.25) is 0 Å². The summed E-state index contributed by atoms with van der Waals surface area (Å²) in [7, 11) is 0. The zero-order chi connectivity index (χ0) is 12.1. The molecule has 0 amide bonds. The van der Waals surface area contributed by atoms with Crippen LogP contribution in [0.4, 0.5) is 11.6 Å². The first-order chi connectivity index (χ1) is 8.28. The summed E-state index contributed by atoms with van der Waals surface area (Å²) >= 11 is 0. The Labute approximate surface area is 103 Å². The first kappa shape index (κ1) is 12.1.